The van der Waals surface area contributed by atoms with E-state index in [2.05, 4.69) is 21.5 Å². The lowest BCUT2D eigenvalue weighted by atomic mass is 9.72. The fourth-order valence-electron chi connectivity index (χ4n) is 9.59. The van der Waals surface area contributed by atoms with Gasteiger partial charge >= 0.3 is 0 Å². The lowest BCUT2D eigenvalue weighted by molar-refractivity contribution is 0.419. The van der Waals surface area contributed by atoms with Crippen LogP contribution in [-0.4, -0.2) is 19.4 Å². The maximum atomic E-state index is 9.57. The third kappa shape index (κ3) is 4.88. The Morgan fingerprint density at radius 3 is 2.28 bits per heavy atom. The number of aryl methyl sites for hydroxylation is 2. The fourth-order valence-corrected chi connectivity index (χ4v) is 10.6. The van der Waals surface area contributed by atoms with Crippen LogP contribution in [0, 0.1) is 13.7 Å². The Bertz CT molecular complexity index is 3780. The Morgan fingerprint density at radius 1 is 0.700 bits per heavy atom. The minimum absolute atomic E-state index is 0.0424. The standard InChI is InChI=1S/C54H40N4OS/c1-6-32-21-24-45-51(57-53-58(45)44-17-11-12-18-47(44)60-53)49(32)39-27-43-52(59-46-25-30(2)19-23-42(46)54(43,4)5)48(31(39)3)33-20-22-37-34-13-7-8-14-35(34)41-28-55-29-56-50(41)38-16-10-9-15-36(38)40(37)26-33/h7-29H,6H2,1-5H3/i2D3,3D3,6D2. The smallest absolute Gasteiger partial charge is 0.195 e. The van der Waals surface area contributed by atoms with Gasteiger partial charge in [0.15, 0.2) is 4.96 Å². The topological polar surface area (TPSA) is 52.3 Å². The van der Waals surface area contributed by atoms with Crippen LogP contribution in [0.5, 0.6) is 11.5 Å². The fraction of sp³-hybridized carbons (Fsp3) is 0.130. The number of aromatic nitrogens is 4. The van der Waals surface area contributed by atoms with Crippen LogP contribution in [0.25, 0.3) is 93.1 Å². The van der Waals surface area contributed by atoms with E-state index in [0.29, 0.717) is 44.0 Å². The molecular formula is C54H40N4OS. The molecule has 4 heterocycles. The first-order chi connectivity index (χ1) is 32.4. The van der Waals surface area contributed by atoms with Gasteiger partial charge in [0.1, 0.15) is 17.8 Å². The zero-order valence-corrected chi connectivity index (χ0v) is 33.7. The maximum Gasteiger partial charge on any atom is 0.195 e. The van der Waals surface area contributed by atoms with Crippen LogP contribution in [0.2, 0.25) is 0 Å². The van der Waals surface area contributed by atoms with Crippen LogP contribution in [0.1, 0.15) is 59.6 Å². The van der Waals surface area contributed by atoms with Crippen LogP contribution in [0.4, 0.5) is 0 Å². The molecule has 0 spiro atoms. The van der Waals surface area contributed by atoms with E-state index in [1.54, 1.807) is 30.6 Å². The number of rotatable bonds is 3. The van der Waals surface area contributed by atoms with Gasteiger partial charge in [-0.15, -0.1) is 0 Å². The summed E-state index contributed by atoms with van der Waals surface area (Å²) in [4.78, 5) is 15.2. The summed E-state index contributed by atoms with van der Waals surface area (Å²) in [5, 5.41) is 0. The molecule has 0 atom stereocenters. The summed E-state index contributed by atoms with van der Waals surface area (Å²) < 4.78 is 82.2. The Balaban J connectivity index is 1.24. The number of nitrogens with zero attached hydrogens (tertiary/aromatic N) is 4. The van der Waals surface area contributed by atoms with Crippen molar-refractivity contribution in [3.05, 3.63) is 168 Å². The number of thiazole rings is 1. The number of para-hydroxylation sites is 1. The van der Waals surface area contributed by atoms with Crippen molar-refractivity contribution in [3.8, 4) is 78.4 Å². The number of fused-ring (bicyclic) bond motifs is 15. The molecule has 12 rings (SSSR count). The first-order valence-electron chi connectivity index (χ1n) is 23.9. The zero-order valence-electron chi connectivity index (χ0n) is 40.9. The number of benzene rings is 7. The van der Waals surface area contributed by atoms with Crippen molar-refractivity contribution in [3.63, 3.8) is 0 Å². The van der Waals surface area contributed by atoms with E-state index in [9.17, 15) is 6.85 Å². The van der Waals surface area contributed by atoms with Crippen molar-refractivity contribution in [1.29, 1.82) is 0 Å². The molecule has 5 nitrogen and oxygen atoms in total. The second-order valence-corrected chi connectivity index (χ2v) is 17.0. The van der Waals surface area contributed by atoms with Gasteiger partial charge in [-0.25, -0.2) is 15.0 Å². The molecule has 6 heteroatoms. The van der Waals surface area contributed by atoms with Crippen LogP contribution in [0.15, 0.2) is 140 Å². The molecule has 1 aliphatic heterocycles. The Labute approximate surface area is 363 Å². The third-order valence-corrected chi connectivity index (χ3v) is 13.5. The molecule has 0 fully saturated rings. The lowest BCUT2D eigenvalue weighted by Crippen LogP contribution is -2.25. The second-order valence-electron chi connectivity index (χ2n) is 16.0. The van der Waals surface area contributed by atoms with E-state index in [-0.39, 0.29) is 22.4 Å². The van der Waals surface area contributed by atoms with Crippen molar-refractivity contribution in [2.75, 3.05) is 0 Å². The highest BCUT2D eigenvalue weighted by Gasteiger charge is 2.38. The first kappa shape index (κ1) is 27.7. The molecule has 0 bridgehead atoms. The van der Waals surface area contributed by atoms with Gasteiger partial charge in [0.05, 0.1) is 26.9 Å². The van der Waals surface area contributed by atoms with Crippen LogP contribution in [0.3, 0.4) is 0 Å². The number of hydrogen-bond donors (Lipinski definition) is 0. The Morgan fingerprint density at radius 2 is 1.47 bits per heavy atom. The number of hydrogen-bond acceptors (Lipinski definition) is 5. The minimum atomic E-state index is -2.82. The Kier molecular flexibility index (Phi) is 5.92. The average molecular weight is 801 g/mol. The molecule has 0 radical (unpaired) electrons. The summed E-state index contributed by atoms with van der Waals surface area (Å²) in [6, 6.07) is 40.5. The highest BCUT2D eigenvalue weighted by atomic mass is 32.1. The molecule has 3 aromatic heterocycles. The van der Waals surface area contributed by atoms with Gasteiger partial charge in [-0.2, -0.15) is 0 Å². The van der Waals surface area contributed by atoms with Gasteiger partial charge in [-0.1, -0.05) is 123 Å². The van der Waals surface area contributed by atoms with Gasteiger partial charge < -0.3 is 4.74 Å². The number of imidazole rings is 1. The molecule has 0 saturated carbocycles. The van der Waals surface area contributed by atoms with Crippen LogP contribution >= 0.6 is 11.3 Å². The first-order valence-corrected chi connectivity index (χ1v) is 20.7. The summed E-state index contributed by atoms with van der Waals surface area (Å²) in [5.41, 5.74) is 11.5. The van der Waals surface area contributed by atoms with Crippen LogP contribution in [-0.2, 0) is 11.8 Å². The molecule has 60 heavy (non-hydrogen) atoms. The predicted molar refractivity (Wildman–Crippen MR) is 247 cm³/mol. The van der Waals surface area contributed by atoms with Gasteiger partial charge in [0, 0.05) is 56.0 Å². The van der Waals surface area contributed by atoms with Gasteiger partial charge in [-0.3, -0.25) is 4.40 Å². The van der Waals surface area contributed by atoms with Crippen molar-refractivity contribution < 1.29 is 15.7 Å². The molecule has 0 unspecified atom stereocenters. The quantitative estimate of drug-likeness (QED) is 0.179. The summed E-state index contributed by atoms with van der Waals surface area (Å²) in [6.07, 6.45) is 1.45. The molecular weight excluding hydrogens is 753 g/mol. The summed E-state index contributed by atoms with van der Waals surface area (Å²) in [7, 11) is 0. The van der Waals surface area contributed by atoms with Crippen molar-refractivity contribution in [2.45, 2.75) is 46.3 Å². The minimum Gasteiger partial charge on any atom is -0.456 e. The second kappa shape index (κ2) is 12.8. The number of ether oxygens (including phenoxy) is 1. The summed E-state index contributed by atoms with van der Waals surface area (Å²) >= 11 is 1.51. The van der Waals surface area contributed by atoms with Gasteiger partial charge in [0.2, 0.25) is 0 Å². The largest absolute Gasteiger partial charge is 0.456 e. The molecule has 2 aliphatic rings. The van der Waals surface area contributed by atoms with Gasteiger partial charge in [-0.05, 0) is 112 Å². The van der Waals surface area contributed by atoms with Crippen molar-refractivity contribution >= 4 is 37.5 Å². The third-order valence-electron chi connectivity index (χ3n) is 12.5. The molecule has 10 aromatic rings. The SMILES string of the molecule is [2H]C([2H])([2H])c1ccc2c(c1)Oc1c(cc(-c3c(C([2H])([2H])C)ccc4c3nc3sc5ccccc5n34)c(C([2H])([2H])[2H])c1-c1ccc3c(c1)-c1ccccc1-c1ncncc1-c1ccccc1-3)C2(C)C. The highest BCUT2D eigenvalue weighted by Crippen LogP contribution is 2.56. The molecule has 288 valence electrons. The van der Waals surface area contributed by atoms with Gasteiger partial charge in [0.25, 0.3) is 0 Å². The monoisotopic (exact) mass is 800 g/mol. The molecule has 1 aliphatic carbocycles. The predicted octanol–water partition coefficient (Wildman–Crippen LogP) is 14.4. The highest BCUT2D eigenvalue weighted by molar-refractivity contribution is 7.23. The van der Waals surface area contributed by atoms with Crippen molar-refractivity contribution in [1.82, 2.24) is 19.4 Å². The molecule has 0 saturated heterocycles. The van der Waals surface area contributed by atoms with E-state index in [0.717, 1.165) is 65.9 Å². The maximum absolute atomic E-state index is 9.57. The van der Waals surface area contributed by atoms with E-state index in [1.165, 1.54) is 18.3 Å². The van der Waals surface area contributed by atoms with E-state index in [4.69, 9.17) is 18.8 Å². The summed E-state index contributed by atoms with van der Waals surface area (Å²) in [6.45, 7) is 0.287. The molecule has 7 aromatic carbocycles. The van der Waals surface area contributed by atoms with Crippen LogP contribution < -0.4 is 4.74 Å². The molecule has 0 amide bonds. The molecule has 0 N–H and O–H groups in total. The normalized spacial score (nSPS) is 16.1. The van der Waals surface area contributed by atoms with E-state index >= 15 is 0 Å². The van der Waals surface area contributed by atoms with Crippen molar-refractivity contribution in [2.24, 2.45) is 0 Å². The van der Waals surface area contributed by atoms with E-state index in [1.807, 2.05) is 111 Å². The lowest BCUT2D eigenvalue weighted by Gasteiger charge is -2.37. The summed E-state index contributed by atoms with van der Waals surface area (Å²) in [5.74, 6) is 0.597. The average Bonchev–Trinajstić information content (AvgIpc) is 3.86. The van der Waals surface area contributed by atoms with E-state index < -0.39 is 25.5 Å². The Hall–Kier alpha value is -6.89. The zero-order chi connectivity index (χ0) is 47.2.